The normalized spacial score (nSPS) is 14.3. The van der Waals surface area contributed by atoms with E-state index in [1.165, 1.54) is 12.1 Å². The Kier molecular flexibility index (Phi) is 2.03. The van der Waals surface area contributed by atoms with Gasteiger partial charge in [-0.3, -0.25) is 14.9 Å². The standard InChI is InChI=1S/C9H8N2O4/c10-7-4-5(11(13)14)3-6-8(12)1-2-15-9(6)7/h3-4H,1-2,10H2. The molecule has 15 heavy (non-hydrogen) atoms. The smallest absolute Gasteiger partial charge is 0.272 e. The molecule has 0 atom stereocenters. The Labute approximate surface area is 84.8 Å². The lowest BCUT2D eigenvalue weighted by atomic mass is 10.0. The number of hydrogen-bond donors (Lipinski definition) is 1. The van der Waals surface area contributed by atoms with E-state index in [-0.39, 0.29) is 41.5 Å². The molecular formula is C9H8N2O4. The summed E-state index contributed by atoms with van der Waals surface area (Å²) < 4.78 is 5.19. The van der Waals surface area contributed by atoms with Gasteiger partial charge in [-0.2, -0.15) is 0 Å². The summed E-state index contributed by atoms with van der Waals surface area (Å²) in [4.78, 5) is 21.4. The van der Waals surface area contributed by atoms with E-state index >= 15 is 0 Å². The molecule has 1 aromatic carbocycles. The Bertz CT molecular complexity index is 456. The minimum Gasteiger partial charge on any atom is -0.490 e. The van der Waals surface area contributed by atoms with Crippen LogP contribution in [-0.2, 0) is 0 Å². The van der Waals surface area contributed by atoms with Crippen LogP contribution >= 0.6 is 0 Å². The van der Waals surface area contributed by atoms with Gasteiger partial charge < -0.3 is 10.5 Å². The molecule has 0 fully saturated rings. The Morgan fingerprint density at radius 3 is 2.87 bits per heavy atom. The first-order valence-electron chi connectivity index (χ1n) is 4.33. The maximum absolute atomic E-state index is 11.5. The molecule has 1 aliphatic rings. The summed E-state index contributed by atoms with van der Waals surface area (Å²) in [6.45, 7) is 0.272. The molecule has 2 rings (SSSR count). The molecule has 1 aromatic rings. The highest BCUT2D eigenvalue weighted by Gasteiger charge is 2.24. The van der Waals surface area contributed by atoms with Gasteiger partial charge in [-0.1, -0.05) is 0 Å². The van der Waals surface area contributed by atoms with Gasteiger partial charge in [0, 0.05) is 18.6 Å². The number of nitrogens with zero attached hydrogens (tertiary/aromatic N) is 1. The number of carbonyl (C=O) groups excluding carboxylic acids is 1. The molecule has 1 aliphatic heterocycles. The van der Waals surface area contributed by atoms with E-state index in [1.807, 2.05) is 0 Å². The summed E-state index contributed by atoms with van der Waals surface area (Å²) in [5, 5.41) is 10.5. The van der Waals surface area contributed by atoms with E-state index in [2.05, 4.69) is 0 Å². The van der Waals surface area contributed by atoms with Crippen molar-refractivity contribution in [2.24, 2.45) is 0 Å². The Balaban J connectivity index is 2.61. The third-order valence-corrected chi connectivity index (χ3v) is 2.19. The molecule has 6 heteroatoms. The van der Waals surface area contributed by atoms with Crippen molar-refractivity contribution in [1.82, 2.24) is 0 Å². The van der Waals surface area contributed by atoms with E-state index in [0.29, 0.717) is 0 Å². The largest absolute Gasteiger partial charge is 0.490 e. The zero-order valence-electron chi connectivity index (χ0n) is 7.73. The average Bonchev–Trinajstić information content (AvgIpc) is 2.19. The van der Waals surface area contributed by atoms with Crippen LogP contribution in [0.5, 0.6) is 5.75 Å². The second kappa shape index (κ2) is 3.23. The number of nitro groups is 1. The fraction of sp³-hybridized carbons (Fsp3) is 0.222. The van der Waals surface area contributed by atoms with Gasteiger partial charge in [0.2, 0.25) is 0 Å². The highest BCUT2D eigenvalue weighted by Crippen LogP contribution is 2.34. The van der Waals surface area contributed by atoms with Crippen molar-refractivity contribution >= 4 is 17.2 Å². The molecule has 2 N–H and O–H groups in total. The predicted octanol–water partition coefficient (Wildman–Crippen LogP) is 1.14. The van der Waals surface area contributed by atoms with Crippen LogP contribution in [0.4, 0.5) is 11.4 Å². The minimum absolute atomic E-state index is 0.132. The number of Topliss-reactive ketones (excluding diaryl/α,β-unsaturated/α-hetero) is 1. The van der Waals surface area contributed by atoms with E-state index in [0.717, 1.165) is 0 Å². The zero-order valence-corrected chi connectivity index (χ0v) is 7.73. The lowest BCUT2D eigenvalue weighted by Gasteiger charge is -2.17. The number of benzene rings is 1. The molecule has 6 nitrogen and oxygen atoms in total. The number of nitrogens with two attached hydrogens (primary N) is 1. The summed E-state index contributed by atoms with van der Waals surface area (Å²) in [6.07, 6.45) is 0.230. The van der Waals surface area contributed by atoms with Gasteiger partial charge in [0.25, 0.3) is 5.69 Å². The number of fused-ring (bicyclic) bond motifs is 1. The number of nitrogen functional groups attached to an aromatic ring is 1. The van der Waals surface area contributed by atoms with Crippen molar-refractivity contribution in [3.8, 4) is 5.75 Å². The van der Waals surface area contributed by atoms with Crippen molar-refractivity contribution in [3.05, 3.63) is 27.8 Å². The molecule has 78 valence electrons. The van der Waals surface area contributed by atoms with Crippen molar-refractivity contribution in [1.29, 1.82) is 0 Å². The molecule has 0 saturated carbocycles. The van der Waals surface area contributed by atoms with Gasteiger partial charge in [0.15, 0.2) is 11.5 Å². The number of ether oxygens (including phenoxy) is 1. The van der Waals surface area contributed by atoms with Crippen LogP contribution in [-0.4, -0.2) is 17.3 Å². The maximum atomic E-state index is 11.5. The fourth-order valence-corrected chi connectivity index (χ4v) is 1.49. The third kappa shape index (κ3) is 1.50. The third-order valence-electron chi connectivity index (χ3n) is 2.19. The lowest BCUT2D eigenvalue weighted by Crippen LogP contribution is -2.16. The first-order valence-corrected chi connectivity index (χ1v) is 4.33. The van der Waals surface area contributed by atoms with Crippen LogP contribution in [0.2, 0.25) is 0 Å². The first kappa shape index (κ1) is 9.45. The molecule has 0 amide bonds. The number of rotatable bonds is 1. The van der Waals surface area contributed by atoms with Crippen LogP contribution < -0.4 is 10.5 Å². The van der Waals surface area contributed by atoms with E-state index in [4.69, 9.17) is 10.5 Å². The van der Waals surface area contributed by atoms with Crippen LogP contribution in [0.1, 0.15) is 16.8 Å². The molecule has 0 radical (unpaired) electrons. The minimum atomic E-state index is -0.585. The molecule has 1 heterocycles. The SMILES string of the molecule is Nc1cc([N+](=O)[O-])cc2c1OCCC2=O. The molecule has 0 spiro atoms. The molecule has 0 saturated heterocycles. The molecule has 0 aliphatic carbocycles. The molecule has 0 aromatic heterocycles. The molecular weight excluding hydrogens is 200 g/mol. The van der Waals surface area contributed by atoms with Gasteiger partial charge in [0.1, 0.15) is 0 Å². The highest BCUT2D eigenvalue weighted by atomic mass is 16.6. The topological polar surface area (TPSA) is 95.5 Å². The second-order valence-corrected chi connectivity index (χ2v) is 3.19. The number of non-ortho nitro benzene ring substituents is 1. The van der Waals surface area contributed by atoms with Gasteiger partial charge in [0.05, 0.1) is 22.8 Å². The van der Waals surface area contributed by atoms with Crippen LogP contribution in [0.25, 0.3) is 0 Å². The molecule has 0 unspecified atom stereocenters. The predicted molar refractivity (Wildman–Crippen MR) is 52.0 cm³/mol. The Morgan fingerprint density at radius 1 is 1.47 bits per heavy atom. The number of carbonyl (C=O) groups is 1. The van der Waals surface area contributed by atoms with E-state index < -0.39 is 4.92 Å². The van der Waals surface area contributed by atoms with Gasteiger partial charge >= 0.3 is 0 Å². The lowest BCUT2D eigenvalue weighted by molar-refractivity contribution is -0.384. The quantitative estimate of drug-likeness (QED) is 0.424. The average molecular weight is 208 g/mol. The zero-order chi connectivity index (χ0) is 11.0. The summed E-state index contributed by atoms with van der Waals surface area (Å²) in [6, 6.07) is 2.39. The fourth-order valence-electron chi connectivity index (χ4n) is 1.49. The number of hydrogen-bond acceptors (Lipinski definition) is 5. The highest BCUT2D eigenvalue weighted by molar-refractivity contribution is 6.02. The number of ketones is 1. The number of anilines is 1. The summed E-state index contributed by atoms with van der Waals surface area (Å²) in [5.41, 5.74) is 5.70. The Hall–Kier alpha value is -2.11. The maximum Gasteiger partial charge on any atom is 0.272 e. The van der Waals surface area contributed by atoms with E-state index in [9.17, 15) is 14.9 Å². The number of nitro benzene ring substituents is 1. The monoisotopic (exact) mass is 208 g/mol. The van der Waals surface area contributed by atoms with Gasteiger partial charge in [-0.25, -0.2) is 0 Å². The van der Waals surface area contributed by atoms with Crippen LogP contribution in [0, 0.1) is 10.1 Å². The summed E-state index contributed by atoms with van der Waals surface area (Å²) in [5.74, 6) is 0.0866. The molecule has 0 bridgehead atoms. The first-order chi connectivity index (χ1) is 7.09. The van der Waals surface area contributed by atoms with E-state index in [1.54, 1.807) is 0 Å². The van der Waals surface area contributed by atoms with Crippen molar-refractivity contribution in [2.75, 3.05) is 12.3 Å². The second-order valence-electron chi connectivity index (χ2n) is 3.19. The van der Waals surface area contributed by atoms with Crippen molar-refractivity contribution in [2.45, 2.75) is 6.42 Å². The van der Waals surface area contributed by atoms with Crippen molar-refractivity contribution < 1.29 is 14.5 Å². The summed E-state index contributed by atoms with van der Waals surface area (Å²) >= 11 is 0. The summed E-state index contributed by atoms with van der Waals surface area (Å²) in [7, 11) is 0. The van der Waals surface area contributed by atoms with Crippen molar-refractivity contribution in [3.63, 3.8) is 0 Å². The van der Waals surface area contributed by atoms with Crippen LogP contribution in [0.15, 0.2) is 12.1 Å². The Morgan fingerprint density at radius 2 is 2.20 bits per heavy atom. The van der Waals surface area contributed by atoms with Gasteiger partial charge in [-0.15, -0.1) is 0 Å². The van der Waals surface area contributed by atoms with Crippen LogP contribution in [0.3, 0.4) is 0 Å². The van der Waals surface area contributed by atoms with Gasteiger partial charge in [-0.05, 0) is 0 Å².